The Labute approximate surface area is 123 Å². The van der Waals surface area contributed by atoms with E-state index in [1.54, 1.807) is 4.90 Å². The minimum Gasteiger partial charge on any atom is -0.339 e. The van der Waals surface area contributed by atoms with Crippen LogP contribution in [0, 0.1) is 0 Å². The molecule has 4 heteroatoms. The molecule has 1 heterocycles. The minimum absolute atomic E-state index is 0.0651. The molecule has 0 aromatic heterocycles. The van der Waals surface area contributed by atoms with Crippen LogP contribution in [0.2, 0.25) is 0 Å². The van der Waals surface area contributed by atoms with Crippen molar-refractivity contribution in [2.24, 2.45) is 0 Å². The van der Waals surface area contributed by atoms with Gasteiger partial charge in [0, 0.05) is 6.54 Å². The fraction of sp³-hybridized carbons (Fsp3) is 0.176. The van der Waals surface area contributed by atoms with E-state index in [0.29, 0.717) is 6.54 Å². The van der Waals surface area contributed by atoms with E-state index in [0.717, 1.165) is 11.1 Å². The third-order valence-electron chi connectivity index (χ3n) is 3.55. The summed E-state index contributed by atoms with van der Waals surface area (Å²) in [6.45, 7) is 0.563. The first kappa shape index (κ1) is 13.4. The number of carbonyl (C=O) groups is 2. The maximum Gasteiger partial charge on any atom is 0.250 e. The highest BCUT2D eigenvalue weighted by Crippen LogP contribution is 2.20. The van der Waals surface area contributed by atoms with Gasteiger partial charge in [0.25, 0.3) is 5.91 Å². The third kappa shape index (κ3) is 2.94. The van der Waals surface area contributed by atoms with Crippen molar-refractivity contribution in [1.29, 1.82) is 0 Å². The predicted molar refractivity (Wildman–Crippen MR) is 79.2 cm³/mol. The van der Waals surface area contributed by atoms with Gasteiger partial charge in [0.1, 0.15) is 6.04 Å². The van der Waals surface area contributed by atoms with Crippen molar-refractivity contribution in [3.63, 3.8) is 0 Å². The van der Waals surface area contributed by atoms with Crippen molar-refractivity contribution >= 4 is 11.8 Å². The molecule has 1 fully saturated rings. The quantitative estimate of drug-likeness (QED) is 0.933. The standard InChI is InChI=1S/C17H16N2O2/c20-15-12-19(11-13-7-3-1-4-8-13)17(21)16(18-15)14-9-5-2-6-10-14/h1-10,16H,11-12H2,(H,18,20)/t16-/m0/s1. The minimum atomic E-state index is -0.587. The fourth-order valence-electron chi connectivity index (χ4n) is 2.51. The summed E-state index contributed by atoms with van der Waals surface area (Å²) in [6, 6.07) is 18.4. The summed E-state index contributed by atoms with van der Waals surface area (Å²) in [5.41, 5.74) is 1.83. The summed E-state index contributed by atoms with van der Waals surface area (Å²) < 4.78 is 0. The molecule has 1 atom stereocenters. The summed E-state index contributed by atoms with van der Waals surface area (Å²) in [7, 11) is 0. The molecule has 3 rings (SSSR count). The maximum atomic E-state index is 12.6. The summed E-state index contributed by atoms with van der Waals surface area (Å²) in [5, 5.41) is 2.77. The van der Waals surface area contributed by atoms with Crippen molar-refractivity contribution < 1.29 is 9.59 Å². The number of carbonyl (C=O) groups excluding carboxylic acids is 2. The van der Waals surface area contributed by atoms with E-state index in [1.165, 1.54) is 0 Å². The zero-order valence-corrected chi connectivity index (χ0v) is 11.5. The monoisotopic (exact) mass is 280 g/mol. The Bertz CT molecular complexity index is 640. The number of rotatable bonds is 3. The van der Waals surface area contributed by atoms with Crippen LogP contribution in [-0.4, -0.2) is 23.3 Å². The van der Waals surface area contributed by atoms with Gasteiger partial charge in [-0.2, -0.15) is 0 Å². The van der Waals surface area contributed by atoms with Gasteiger partial charge in [-0.25, -0.2) is 0 Å². The molecule has 1 aliphatic rings. The van der Waals surface area contributed by atoms with E-state index >= 15 is 0 Å². The van der Waals surface area contributed by atoms with Gasteiger partial charge >= 0.3 is 0 Å². The van der Waals surface area contributed by atoms with E-state index in [-0.39, 0.29) is 18.4 Å². The average Bonchev–Trinajstić information content (AvgIpc) is 2.52. The Kier molecular flexibility index (Phi) is 3.69. The Morgan fingerprint density at radius 3 is 2.24 bits per heavy atom. The van der Waals surface area contributed by atoms with Gasteiger partial charge in [-0.15, -0.1) is 0 Å². The first-order chi connectivity index (χ1) is 10.2. The molecule has 0 unspecified atom stereocenters. The molecule has 0 aliphatic carbocycles. The number of piperazine rings is 1. The maximum absolute atomic E-state index is 12.6. The van der Waals surface area contributed by atoms with Crippen LogP contribution >= 0.6 is 0 Å². The molecule has 0 spiro atoms. The number of amides is 2. The average molecular weight is 280 g/mol. The van der Waals surface area contributed by atoms with Crippen molar-refractivity contribution in [3.8, 4) is 0 Å². The zero-order chi connectivity index (χ0) is 14.7. The highest BCUT2D eigenvalue weighted by Gasteiger charge is 2.33. The number of nitrogens with zero attached hydrogens (tertiary/aromatic N) is 1. The van der Waals surface area contributed by atoms with Crippen molar-refractivity contribution in [1.82, 2.24) is 10.2 Å². The summed E-state index contributed by atoms with van der Waals surface area (Å²) in [6.07, 6.45) is 0. The van der Waals surface area contributed by atoms with Gasteiger partial charge in [0.05, 0.1) is 6.54 Å². The Morgan fingerprint density at radius 2 is 1.57 bits per heavy atom. The van der Waals surface area contributed by atoms with Crippen LogP contribution in [0.15, 0.2) is 60.7 Å². The number of nitrogens with one attached hydrogen (secondary N) is 1. The van der Waals surface area contributed by atoms with E-state index in [2.05, 4.69) is 5.32 Å². The molecule has 2 aromatic rings. The zero-order valence-electron chi connectivity index (χ0n) is 11.5. The molecule has 1 saturated heterocycles. The first-order valence-electron chi connectivity index (χ1n) is 6.91. The molecule has 0 saturated carbocycles. The molecular formula is C17H16N2O2. The van der Waals surface area contributed by atoms with Crippen molar-refractivity contribution in [2.45, 2.75) is 12.6 Å². The molecule has 2 aromatic carbocycles. The molecule has 1 aliphatic heterocycles. The lowest BCUT2D eigenvalue weighted by Crippen LogP contribution is -2.52. The van der Waals surface area contributed by atoms with Gasteiger partial charge in [0.2, 0.25) is 5.91 Å². The topological polar surface area (TPSA) is 49.4 Å². The molecule has 106 valence electrons. The summed E-state index contributed by atoms with van der Waals surface area (Å²) in [4.78, 5) is 26.1. The van der Waals surface area contributed by atoms with Crippen LogP contribution in [0.4, 0.5) is 0 Å². The van der Waals surface area contributed by atoms with Gasteiger partial charge in [-0.05, 0) is 11.1 Å². The molecule has 0 radical (unpaired) electrons. The Balaban J connectivity index is 1.82. The molecule has 2 amide bonds. The highest BCUT2D eigenvalue weighted by atomic mass is 16.2. The fourth-order valence-corrected chi connectivity index (χ4v) is 2.51. The summed E-state index contributed by atoms with van der Waals surface area (Å²) in [5.74, 6) is -0.191. The Morgan fingerprint density at radius 1 is 0.952 bits per heavy atom. The van der Waals surface area contributed by atoms with Gasteiger partial charge in [-0.1, -0.05) is 60.7 Å². The predicted octanol–water partition coefficient (Wildman–Crippen LogP) is 1.89. The van der Waals surface area contributed by atoms with Crippen LogP contribution in [0.1, 0.15) is 17.2 Å². The molecule has 1 N–H and O–H groups in total. The van der Waals surface area contributed by atoms with E-state index in [1.807, 2.05) is 60.7 Å². The van der Waals surface area contributed by atoms with Crippen LogP contribution in [-0.2, 0) is 16.1 Å². The molecule has 0 bridgehead atoms. The normalized spacial score (nSPS) is 18.5. The van der Waals surface area contributed by atoms with Crippen LogP contribution in [0.25, 0.3) is 0 Å². The van der Waals surface area contributed by atoms with Gasteiger partial charge < -0.3 is 10.2 Å². The van der Waals surface area contributed by atoms with Gasteiger partial charge in [-0.3, -0.25) is 9.59 Å². The van der Waals surface area contributed by atoms with Crippen molar-refractivity contribution in [2.75, 3.05) is 6.54 Å². The van der Waals surface area contributed by atoms with Crippen LogP contribution in [0.3, 0.4) is 0 Å². The SMILES string of the molecule is O=C1CN(Cc2ccccc2)C(=O)[C@H](c2ccccc2)N1. The first-order valence-corrected chi connectivity index (χ1v) is 6.91. The van der Waals surface area contributed by atoms with Crippen LogP contribution in [0.5, 0.6) is 0 Å². The second kappa shape index (κ2) is 5.79. The third-order valence-corrected chi connectivity index (χ3v) is 3.55. The lowest BCUT2D eigenvalue weighted by molar-refractivity contribution is -0.145. The van der Waals surface area contributed by atoms with E-state index in [9.17, 15) is 9.59 Å². The second-order valence-electron chi connectivity index (χ2n) is 5.09. The number of hydrogen-bond acceptors (Lipinski definition) is 2. The van der Waals surface area contributed by atoms with Crippen molar-refractivity contribution in [3.05, 3.63) is 71.8 Å². The lowest BCUT2D eigenvalue weighted by atomic mass is 10.0. The highest BCUT2D eigenvalue weighted by molar-refractivity contribution is 5.95. The molecular weight excluding hydrogens is 264 g/mol. The summed E-state index contributed by atoms with van der Waals surface area (Å²) >= 11 is 0. The molecule has 4 nitrogen and oxygen atoms in total. The molecule has 21 heavy (non-hydrogen) atoms. The van der Waals surface area contributed by atoms with Crippen LogP contribution < -0.4 is 5.32 Å². The van der Waals surface area contributed by atoms with Gasteiger partial charge in [0.15, 0.2) is 0 Å². The smallest absolute Gasteiger partial charge is 0.250 e. The van der Waals surface area contributed by atoms with E-state index < -0.39 is 6.04 Å². The number of benzene rings is 2. The lowest BCUT2D eigenvalue weighted by Gasteiger charge is -2.32. The largest absolute Gasteiger partial charge is 0.339 e. The van der Waals surface area contributed by atoms with E-state index in [4.69, 9.17) is 0 Å². The Hall–Kier alpha value is -2.62. The number of hydrogen-bond donors (Lipinski definition) is 1. The second-order valence-corrected chi connectivity index (χ2v) is 5.09.